The molecule has 1 aliphatic rings. The summed E-state index contributed by atoms with van der Waals surface area (Å²) in [7, 11) is -0.227. The smallest absolute Gasteiger partial charge is 0.273 e. The van der Waals surface area contributed by atoms with Crippen LogP contribution in [0.15, 0.2) is 72.2 Å². The number of amides is 2. The van der Waals surface area contributed by atoms with Gasteiger partial charge in [0.2, 0.25) is 0 Å². The summed E-state index contributed by atoms with van der Waals surface area (Å²) in [6.45, 7) is 9.92. The largest absolute Gasteiger partial charge is 0.492 e. The molecule has 2 atom stereocenters. The van der Waals surface area contributed by atoms with Gasteiger partial charge in [0.1, 0.15) is 11.9 Å². The summed E-state index contributed by atoms with van der Waals surface area (Å²) < 4.78 is 20.6. The Kier molecular flexibility index (Phi) is 9.31. The Balaban J connectivity index is 1.60. The number of nitrogens with one attached hydrogen (secondary N) is 5. The number of aryl methyl sites for hydroxylation is 1. The first-order valence-electron chi connectivity index (χ1n) is 13.8. The Hall–Kier alpha value is -4.55. The number of hydrogen-bond donors (Lipinski definition) is 6. The van der Waals surface area contributed by atoms with Crippen LogP contribution in [0.2, 0.25) is 0 Å². The van der Waals surface area contributed by atoms with E-state index < -0.39 is 11.0 Å². The number of methoxy groups -OCH3 is 1. The number of benzene rings is 3. The highest BCUT2D eigenvalue weighted by molar-refractivity contribution is 7.85. The maximum Gasteiger partial charge on any atom is 0.273 e. The molecule has 12 heteroatoms. The van der Waals surface area contributed by atoms with Gasteiger partial charge in [0.15, 0.2) is 28.3 Å². The highest BCUT2D eigenvalue weighted by Gasteiger charge is 2.29. The van der Waals surface area contributed by atoms with Gasteiger partial charge in [0.25, 0.3) is 11.8 Å². The molecular formula is C31H40N7O4S+. The number of ether oxygens (including phenoxy) is 1. The number of carbonyl (C=O) groups is 2. The third kappa shape index (κ3) is 7.09. The Morgan fingerprint density at radius 2 is 1.70 bits per heavy atom. The van der Waals surface area contributed by atoms with Gasteiger partial charge in [-0.05, 0) is 60.2 Å². The summed E-state index contributed by atoms with van der Waals surface area (Å²) in [6, 6.07) is 18.3. The van der Waals surface area contributed by atoms with E-state index in [1.165, 1.54) is 12.1 Å². The summed E-state index contributed by atoms with van der Waals surface area (Å²) in [5, 5.41) is 7.43. The summed E-state index contributed by atoms with van der Waals surface area (Å²) >= 11 is 0. The Morgan fingerprint density at radius 3 is 2.33 bits per heavy atom. The fraction of sp³-hybridized carbons (Fsp3) is 0.290. The van der Waals surface area contributed by atoms with Crippen LogP contribution < -0.4 is 41.8 Å². The molecule has 0 spiro atoms. The maximum absolute atomic E-state index is 13.6. The normalized spacial score (nSPS) is 14.5. The first kappa shape index (κ1) is 31.4. The first-order chi connectivity index (χ1) is 20.3. The van der Waals surface area contributed by atoms with Gasteiger partial charge in [0.05, 0.1) is 24.5 Å². The van der Waals surface area contributed by atoms with E-state index >= 15 is 0 Å². The van der Waals surface area contributed by atoms with Crippen molar-refractivity contribution in [3.05, 3.63) is 94.4 Å². The number of anilines is 3. The van der Waals surface area contributed by atoms with Gasteiger partial charge in [-0.2, -0.15) is 0 Å². The Bertz CT molecular complexity index is 1580. The average molecular weight is 607 g/mol. The van der Waals surface area contributed by atoms with Crippen LogP contribution in [-0.4, -0.2) is 25.2 Å². The topological polar surface area (TPSA) is 150 Å². The molecule has 0 aromatic heterocycles. The zero-order valence-corrected chi connectivity index (χ0v) is 26.4. The molecule has 3 aromatic carbocycles. The van der Waals surface area contributed by atoms with Crippen LogP contribution in [0, 0.1) is 6.92 Å². The zero-order valence-electron chi connectivity index (χ0n) is 25.5. The minimum absolute atomic E-state index is 0.155. The van der Waals surface area contributed by atoms with Gasteiger partial charge in [-0.3, -0.25) is 15.0 Å². The summed E-state index contributed by atoms with van der Waals surface area (Å²) in [5.41, 5.74) is 16.7. The van der Waals surface area contributed by atoms with Crippen molar-refractivity contribution >= 4 is 39.9 Å². The molecule has 0 radical (unpaired) electrons. The molecule has 1 heterocycles. The molecule has 1 aliphatic heterocycles. The molecule has 3 aromatic rings. The molecule has 4 rings (SSSR count). The minimum atomic E-state index is -1.72. The van der Waals surface area contributed by atoms with Crippen LogP contribution in [0.5, 0.6) is 5.75 Å². The monoisotopic (exact) mass is 606 g/mol. The first-order valence-corrected chi connectivity index (χ1v) is 15.5. The van der Waals surface area contributed by atoms with Gasteiger partial charge >= 0.3 is 0 Å². The molecule has 0 fully saturated rings. The minimum Gasteiger partial charge on any atom is -0.492 e. The molecule has 7 N–H and O–H groups in total. The molecule has 0 saturated heterocycles. The van der Waals surface area contributed by atoms with Gasteiger partial charge in [-0.1, -0.05) is 61.4 Å². The number of hydrazine groups is 2. The lowest BCUT2D eigenvalue weighted by Crippen LogP contribution is -2.41. The standard InChI is InChI=1S/C31H39N7O4S/c1-18-13-14-21(29(39)34-23-16-22(31(3,4)5)17-24(27(23)42-6)36-43(7)41)15-25(18)38-28(32)26(35-37-38)30(40)33-19(2)20-11-9-8-10-12-20/h8-17,19,35,37H,32H2,1-7H3,(H,33,40)(H,34,39)(H,36,41)/p+1/t19-,43?/m1/s1. The van der Waals surface area contributed by atoms with Crippen molar-refractivity contribution in [2.75, 3.05) is 28.4 Å². The summed E-state index contributed by atoms with van der Waals surface area (Å²) in [6.07, 6.45) is 1.56. The molecule has 228 valence electrons. The maximum atomic E-state index is 13.6. The van der Waals surface area contributed by atoms with Crippen LogP contribution in [0.25, 0.3) is 0 Å². The molecule has 11 nitrogen and oxygen atoms in total. The van der Waals surface area contributed by atoms with E-state index in [0.29, 0.717) is 28.4 Å². The van der Waals surface area contributed by atoms with Crippen LogP contribution in [0.4, 0.5) is 17.1 Å². The van der Waals surface area contributed by atoms with E-state index in [1.54, 1.807) is 24.5 Å². The summed E-state index contributed by atoms with van der Waals surface area (Å²) in [4.78, 5) is 26.6. The van der Waals surface area contributed by atoms with Crippen LogP contribution in [-0.2, 0) is 25.4 Å². The van der Waals surface area contributed by atoms with E-state index in [9.17, 15) is 13.8 Å². The van der Waals surface area contributed by atoms with Gasteiger partial charge < -0.3 is 21.1 Å². The van der Waals surface area contributed by atoms with Crippen molar-refractivity contribution in [1.82, 2.24) is 16.3 Å². The lowest BCUT2D eigenvalue weighted by Gasteiger charge is -2.23. The van der Waals surface area contributed by atoms with E-state index in [4.69, 9.17) is 10.5 Å². The van der Waals surface area contributed by atoms with Crippen LogP contribution >= 0.6 is 0 Å². The molecule has 0 aliphatic carbocycles. The highest BCUT2D eigenvalue weighted by atomic mass is 32.2. The van der Waals surface area contributed by atoms with Crippen molar-refractivity contribution in [3.8, 4) is 5.75 Å². The number of carbonyl (C=O) groups excluding carboxylic acids is 2. The Morgan fingerprint density at radius 1 is 1.02 bits per heavy atom. The van der Waals surface area contributed by atoms with Crippen molar-refractivity contribution in [2.24, 2.45) is 5.73 Å². The number of thiol groups is 1. The number of rotatable bonds is 9. The fourth-order valence-electron chi connectivity index (χ4n) is 4.62. The predicted molar refractivity (Wildman–Crippen MR) is 173 cm³/mol. The molecular weight excluding hydrogens is 566 g/mol. The molecule has 1 unspecified atom stereocenters. The average Bonchev–Trinajstić information content (AvgIpc) is 3.33. The van der Waals surface area contributed by atoms with Gasteiger partial charge in [-0.25, -0.2) is 9.73 Å². The molecule has 43 heavy (non-hydrogen) atoms. The van der Waals surface area contributed by atoms with Crippen LogP contribution in [0.3, 0.4) is 0 Å². The second kappa shape index (κ2) is 12.8. The zero-order chi connectivity index (χ0) is 31.5. The van der Waals surface area contributed by atoms with Crippen molar-refractivity contribution in [1.29, 1.82) is 0 Å². The lowest BCUT2D eigenvalue weighted by atomic mass is 9.86. The quantitative estimate of drug-likeness (QED) is 0.158. The second-order valence-electron chi connectivity index (χ2n) is 11.4. The third-order valence-electron chi connectivity index (χ3n) is 7.06. The highest BCUT2D eigenvalue weighted by Crippen LogP contribution is 2.39. The molecule has 0 bridgehead atoms. The van der Waals surface area contributed by atoms with Gasteiger partial charge in [-0.15, -0.1) is 5.53 Å². The Labute approximate surface area is 254 Å². The van der Waals surface area contributed by atoms with E-state index in [0.717, 1.165) is 16.7 Å². The van der Waals surface area contributed by atoms with Crippen molar-refractivity contribution < 1.29 is 18.5 Å². The lowest BCUT2D eigenvalue weighted by molar-refractivity contribution is -0.118. The predicted octanol–water partition coefficient (Wildman–Crippen LogP) is 4.04. The number of nitrogens with zero attached hydrogens (tertiary/aromatic N) is 1. The number of nitrogens with two attached hydrogens (primary N) is 1. The van der Waals surface area contributed by atoms with E-state index in [-0.39, 0.29) is 34.8 Å². The fourth-order valence-corrected chi connectivity index (χ4v) is 5.12. The van der Waals surface area contributed by atoms with Crippen molar-refractivity contribution in [3.63, 3.8) is 0 Å². The second-order valence-corrected chi connectivity index (χ2v) is 12.6. The van der Waals surface area contributed by atoms with Crippen LogP contribution in [0.1, 0.15) is 60.8 Å². The number of hydrogen-bond acceptors (Lipinski definition) is 8. The summed E-state index contributed by atoms with van der Waals surface area (Å²) in [5.74, 6) is -0.236. The van der Waals surface area contributed by atoms with Crippen molar-refractivity contribution in [2.45, 2.75) is 46.1 Å². The van der Waals surface area contributed by atoms with Gasteiger partial charge in [0, 0.05) is 5.56 Å². The third-order valence-corrected chi connectivity index (χ3v) is 7.62. The van der Waals surface area contributed by atoms with E-state index in [1.807, 2.05) is 77.1 Å². The molecule has 2 amide bonds. The van der Waals surface area contributed by atoms with E-state index in [2.05, 4.69) is 26.3 Å². The molecule has 0 saturated carbocycles. The SMILES string of the molecule is COc1c(NC(=O)c2ccc(C)c(N3NNC(C(=O)N[C@H](C)c4ccccc4)=C3N)c2)cc(C(C)(C)C)cc1N[SH+](C)=O.